The summed E-state index contributed by atoms with van der Waals surface area (Å²) in [6.07, 6.45) is 11.5. The maximum absolute atomic E-state index is 11.5. The Kier molecular flexibility index (Phi) is 9.99. The van der Waals surface area contributed by atoms with Crippen molar-refractivity contribution in [3.63, 3.8) is 0 Å². The summed E-state index contributed by atoms with van der Waals surface area (Å²) in [4.78, 5) is 23.0. The molecule has 0 fully saturated rings. The second-order valence-corrected chi connectivity index (χ2v) is 6.38. The third-order valence-electron chi connectivity index (χ3n) is 3.72. The summed E-state index contributed by atoms with van der Waals surface area (Å²) in [6.45, 7) is 0.772. The lowest BCUT2D eigenvalue weighted by Gasteiger charge is -2.27. The minimum absolute atomic E-state index is 0.0332. The highest BCUT2D eigenvalue weighted by atomic mass is 32.2. The molecule has 0 aromatic heterocycles. The lowest BCUT2D eigenvalue weighted by atomic mass is 9.97. The second-order valence-electron chi connectivity index (χ2n) is 5.51. The highest BCUT2D eigenvalue weighted by Crippen LogP contribution is 2.13. The number of carbonyl (C=O) groups is 2. The van der Waals surface area contributed by atoms with Gasteiger partial charge in [-0.25, -0.2) is 4.79 Å². The van der Waals surface area contributed by atoms with Gasteiger partial charge < -0.3 is 15.4 Å². The van der Waals surface area contributed by atoms with E-state index in [0.29, 0.717) is 18.0 Å². The van der Waals surface area contributed by atoms with E-state index >= 15 is 0 Å². The van der Waals surface area contributed by atoms with Crippen molar-refractivity contribution in [1.82, 2.24) is 10.6 Å². The van der Waals surface area contributed by atoms with Gasteiger partial charge in [-0.1, -0.05) is 18.6 Å². The van der Waals surface area contributed by atoms with E-state index in [1.165, 1.54) is 7.11 Å². The fourth-order valence-electron chi connectivity index (χ4n) is 2.55. The zero-order valence-electron chi connectivity index (χ0n) is 13.6. The molecule has 0 spiro atoms. The first-order valence-corrected chi connectivity index (χ1v) is 9.32. The van der Waals surface area contributed by atoms with Crippen LogP contribution in [-0.2, 0) is 9.53 Å². The SMILES string of the molecule is COC(=O)N[C@@H]1CCCC/C=C/C1NCCCC(=O)CSC. The summed E-state index contributed by atoms with van der Waals surface area (Å²) < 4.78 is 4.71. The Morgan fingerprint density at radius 2 is 2.18 bits per heavy atom. The van der Waals surface area contributed by atoms with Crippen LogP contribution >= 0.6 is 11.8 Å². The molecule has 1 rings (SSSR count). The van der Waals surface area contributed by atoms with Crippen molar-refractivity contribution < 1.29 is 14.3 Å². The number of ether oxygens (including phenoxy) is 1. The smallest absolute Gasteiger partial charge is 0.407 e. The van der Waals surface area contributed by atoms with Crippen LogP contribution in [0.25, 0.3) is 0 Å². The van der Waals surface area contributed by atoms with Crippen LogP contribution in [0.3, 0.4) is 0 Å². The Balaban J connectivity index is 2.44. The minimum atomic E-state index is -0.388. The fraction of sp³-hybridized carbons (Fsp3) is 0.750. The van der Waals surface area contributed by atoms with Gasteiger partial charge >= 0.3 is 6.09 Å². The van der Waals surface area contributed by atoms with Gasteiger partial charge in [-0.05, 0) is 38.5 Å². The number of allylic oxidation sites excluding steroid dienone is 1. The number of rotatable bonds is 8. The summed E-state index contributed by atoms with van der Waals surface area (Å²) in [7, 11) is 1.38. The van der Waals surface area contributed by atoms with Crippen LogP contribution < -0.4 is 10.6 Å². The first-order chi connectivity index (χ1) is 10.7. The van der Waals surface area contributed by atoms with Gasteiger partial charge in [0.05, 0.1) is 18.9 Å². The van der Waals surface area contributed by atoms with Gasteiger partial charge in [-0.2, -0.15) is 11.8 Å². The summed E-state index contributed by atoms with van der Waals surface area (Å²) in [5.41, 5.74) is 0. The predicted octanol–water partition coefficient (Wildman–Crippen LogP) is 2.51. The predicted molar refractivity (Wildman–Crippen MR) is 91.4 cm³/mol. The van der Waals surface area contributed by atoms with E-state index in [1.54, 1.807) is 11.8 Å². The van der Waals surface area contributed by atoms with E-state index in [4.69, 9.17) is 4.74 Å². The third-order valence-corrected chi connectivity index (χ3v) is 4.33. The van der Waals surface area contributed by atoms with Crippen LogP contribution in [0, 0.1) is 0 Å². The molecule has 126 valence electrons. The minimum Gasteiger partial charge on any atom is -0.453 e. The van der Waals surface area contributed by atoms with Crippen molar-refractivity contribution in [1.29, 1.82) is 0 Å². The molecule has 0 heterocycles. The molecular weight excluding hydrogens is 300 g/mol. The molecular formula is C16H28N2O3S. The van der Waals surface area contributed by atoms with E-state index in [2.05, 4.69) is 22.8 Å². The van der Waals surface area contributed by atoms with Gasteiger partial charge in [0.2, 0.25) is 0 Å². The van der Waals surface area contributed by atoms with Crippen molar-refractivity contribution in [3.05, 3.63) is 12.2 Å². The quantitative estimate of drug-likeness (QED) is 0.529. The highest BCUT2D eigenvalue weighted by Gasteiger charge is 2.21. The van der Waals surface area contributed by atoms with E-state index in [-0.39, 0.29) is 18.2 Å². The molecule has 0 radical (unpaired) electrons. The molecule has 0 bridgehead atoms. The van der Waals surface area contributed by atoms with Gasteiger partial charge in [-0.15, -0.1) is 0 Å². The van der Waals surface area contributed by atoms with Crippen LogP contribution in [0.15, 0.2) is 12.2 Å². The summed E-state index contributed by atoms with van der Waals surface area (Å²) in [5, 5.41) is 6.36. The molecule has 1 amide bonds. The third kappa shape index (κ3) is 7.84. The molecule has 22 heavy (non-hydrogen) atoms. The molecule has 1 aliphatic carbocycles. The summed E-state index contributed by atoms with van der Waals surface area (Å²) in [5.74, 6) is 0.891. The number of hydrogen-bond acceptors (Lipinski definition) is 5. The van der Waals surface area contributed by atoms with Gasteiger partial charge in [0.1, 0.15) is 5.78 Å². The summed E-state index contributed by atoms with van der Waals surface area (Å²) in [6, 6.07) is 0.126. The van der Waals surface area contributed by atoms with Gasteiger partial charge in [0, 0.05) is 12.5 Å². The standard InChI is InChI=1S/C16H28N2O3S/c1-21-16(20)18-15-10-6-4-3-5-9-14(15)17-11-7-8-13(19)12-22-2/h5,9,14-15,17H,3-4,6-8,10-12H2,1-2H3,(H,18,20)/b9-5+/t14?,15-/m1/s1. The molecule has 6 heteroatoms. The normalized spacial score (nSPS) is 23.2. The molecule has 0 saturated carbocycles. The lowest BCUT2D eigenvalue weighted by molar-refractivity contribution is -0.116. The Labute approximate surface area is 137 Å². The molecule has 1 unspecified atom stereocenters. The Bertz CT molecular complexity index is 374. The monoisotopic (exact) mass is 328 g/mol. The topological polar surface area (TPSA) is 67.4 Å². The van der Waals surface area contributed by atoms with Crippen molar-refractivity contribution >= 4 is 23.6 Å². The average Bonchev–Trinajstić information content (AvgIpc) is 2.48. The average molecular weight is 328 g/mol. The molecule has 0 aliphatic heterocycles. The van der Waals surface area contributed by atoms with Crippen LogP contribution in [-0.4, -0.2) is 49.6 Å². The fourth-order valence-corrected chi connectivity index (χ4v) is 3.02. The van der Waals surface area contributed by atoms with Crippen LogP contribution in [0.4, 0.5) is 4.79 Å². The first kappa shape index (κ1) is 19.0. The van der Waals surface area contributed by atoms with Gasteiger partial charge in [-0.3, -0.25) is 4.79 Å². The molecule has 1 aliphatic rings. The molecule has 2 atom stereocenters. The molecule has 2 N–H and O–H groups in total. The Hall–Kier alpha value is -1.01. The van der Waals surface area contributed by atoms with E-state index in [0.717, 1.165) is 38.6 Å². The van der Waals surface area contributed by atoms with E-state index in [9.17, 15) is 9.59 Å². The number of ketones is 1. The molecule has 5 nitrogen and oxygen atoms in total. The number of alkyl carbamates (subject to hydrolysis) is 1. The van der Waals surface area contributed by atoms with Gasteiger partial charge in [0.15, 0.2) is 0 Å². The number of methoxy groups -OCH3 is 1. The zero-order valence-corrected chi connectivity index (χ0v) is 14.4. The van der Waals surface area contributed by atoms with E-state index in [1.807, 2.05) is 6.26 Å². The number of carbonyl (C=O) groups excluding carboxylic acids is 2. The first-order valence-electron chi connectivity index (χ1n) is 7.92. The van der Waals surface area contributed by atoms with Crippen molar-refractivity contribution in [2.75, 3.05) is 25.7 Å². The van der Waals surface area contributed by atoms with E-state index < -0.39 is 0 Å². The maximum atomic E-state index is 11.5. The van der Waals surface area contributed by atoms with Crippen molar-refractivity contribution in [3.8, 4) is 0 Å². The lowest BCUT2D eigenvalue weighted by Crippen LogP contribution is -2.49. The number of hydrogen-bond donors (Lipinski definition) is 2. The number of Topliss-reactive ketones (excluding diaryl/α,β-unsaturated/α-hetero) is 1. The Morgan fingerprint density at radius 3 is 2.91 bits per heavy atom. The summed E-state index contributed by atoms with van der Waals surface area (Å²) >= 11 is 1.57. The van der Waals surface area contributed by atoms with Crippen LogP contribution in [0.2, 0.25) is 0 Å². The highest BCUT2D eigenvalue weighted by molar-refractivity contribution is 7.99. The van der Waals surface area contributed by atoms with Gasteiger partial charge in [0.25, 0.3) is 0 Å². The number of nitrogens with one attached hydrogen (secondary N) is 2. The number of thioether (sulfide) groups is 1. The maximum Gasteiger partial charge on any atom is 0.407 e. The molecule has 0 saturated heterocycles. The van der Waals surface area contributed by atoms with Crippen molar-refractivity contribution in [2.24, 2.45) is 0 Å². The van der Waals surface area contributed by atoms with Crippen LogP contribution in [0.5, 0.6) is 0 Å². The Morgan fingerprint density at radius 1 is 1.36 bits per heavy atom. The van der Waals surface area contributed by atoms with Crippen LogP contribution in [0.1, 0.15) is 38.5 Å². The zero-order chi connectivity index (χ0) is 16.2. The second kappa shape index (κ2) is 11.5. The number of amides is 1. The molecule has 0 aromatic rings. The van der Waals surface area contributed by atoms with Crippen molar-refractivity contribution in [2.45, 2.75) is 50.6 Å². The molecule has 0 aromatic carbocycles. The largest absolute Gasteiger partial charge is 0.453 e.